The van der Waals surface area contributed by atoms with E-state index in [4.69, 9.17) is 14.2 Å². The first-order valence-electron chi connectivity index (χ1n) is 11.5. The van der Waals surface area contributed by atoms with E-state index in [1.54, 1.807) is 7.11 Å². The Bertz CT molecular complexity index is 1200. The molecular weight excluding hydrogens is 428 g/mol. The fraction of sp³-hybridized carbons (Fsp3) is 0.379. The molecule has 0 heterocycles. The van der Waals surface area contributed by atoms with Crippen LogP contribution in [0.4, 0.5) is 0 Å². The second-order valence-electron chi connectivity index (χ2n) is 9.91. The number of rotatable bonds is 6. The maximum atomic E-state index is 13.7. The minimum absolute atomic E-state index is 0.130. The van der Waals surface area contributed by atoms with Gasteiger partial charge in [0.25, 0.3) is 0 Å². The second kappa shape index (κ2) is 8.15. The smallest absolute Gasteiger partial charge is 0.335 e. The highest BCUT2D eigenvalue weighted by Gasteiger charge is 2.72. The highest BCUT2D eigenvalue weighted by molar-refractivity contribution is 6.10. The fourth-order valence-corrected chi connectivity index (χ4v) is 6.12. The predicted octanol–water partition coefficient (Wildman–Crippen LogP) is 5.75. The molecule has 178 valence electrons. The summed E-state index contributed by atoms with van der Waals surface area (Å²) in [5.74, 6) is -0.213. The average Bonchev–Trinajstić information content (AvgIpc) is 3.06. The topological polar surface area (TPSA) is 61.8 Å². The van der Waals surface area contributed by atoms with Gasteiger partial charge in [0, 0.05) is 10.8 Å². The standard InChI is InChI=1S/C29H32O5/c1-18-22(20-13-15-21(32-6)16-14-20)29(5)24(26(31)34-17-19-11-9-8-10-12-19)23(25(30)33-7)28(18,4)27(29,2)3/h8-16H,17H2,1-7H3. The van der Waals surface area contributed by atoms with Crippen molar-refractivity contribution in [2.75, 3.05) is 14.2 Å². The van der Waals surface area contributed by atoms with Crippen LogP contribution < -0.4 is 4.74 Å². The Hall–Kier alpha value is -3.34. The molecule has 0 saturated heterocycles. The Morgan fingerprint density at radius 1 is 0.794 bits per heavy atom. The van der Waals surface area contributed by atoms with Crippen LogP contribution in [0.2, 0.25) is 0 Å². The number of benzene rings is 2. The maximum absolute atomic E-state index is 13.7. The van der Waals surface area contributed by atoms with Crippen LogP contribution in [0.25, 0.3) is 5.57 Å². The number of methoxy groups -OCH3 is 2. The van der Waals surface area contributed by atoms with Crippen molar-refractivity contribution in [2.24, 2.45) is 16.2 Å². The molecule has 4 rings (SSSR count). The van der Waals surface area contributed by atoms with E-state index in [9.17, 15) is 9.59 Å². The largest absolute Gasteiger partial charge is 0.497 e. The van der Waals surface area contributed by atoms with Crippen LogP contribution in [-0.2, 0) is 25.7 Å². The number of carbonyl (C=O) groups excluding carboxylic acids is 2. The van der Waals surface area contributed by atoms with Gasteiger partial charge in [-0.3, -0.25) is 0 Å². The van der Waals surface area contributed by atoms with Gasteiger partial charge in [-0.15, -0.1) is 0 Å². The number of hydrogen-bond donors (Lipinski definition) is 0. The van der Waals surface area contributed by atoms with Crippen molar-refractivity contribution in [3.8, 4) is 5.75 Å². The lowest BCUT2D eigenvalue weighted by Crippen LogP contribution is -2.39. The summed E-state index contributed by atoms with van der Waals surface area (Å²) >= 11 is 0. The first-order valence-corrected chi connectivity index (χ1v) is 11.5. The molecule has 34 heavy (non-hydrogen) atoms. The normalized spacial score (nSPS) is 24.9. The molecular formula is C29H32O5. The minimum Gasteiger partial charge on any atom is -0.497 e. The molecule has 2 unspecified atom stereocenters. The third kappa shape index (κ3) is 2.99. The van der Waals surface area contributed by atoms with Gasteiger partial charge in [-0.25, -0.2) is 9.59 Å². The molecule has 0 aromatic heterocycles. The van der Waals surface area contributed by atoms with Crippen molar-refractivity contribution in [3.63, 3.8) is 0 Å². The Labute approximate surface area is 201 Å². The zero-order valence-corrected chi connectivity index (χ0v) is 20.9. The van der Waals surface area contributed by atoms with Gasteiger partial charge in [0.05, 0.1) is 25.4 Å². The van der Waals surface area contributed by atoms with Gasteiger partial charge in [0.15, 0.2) is 0 Å². The molecule has 0 fully saturated rings. The maximum Gasteiger partial charge on any atom is 0.335 e. The molecule has 2 bridgehead atoms. The van der Waals surface area contributed by atoms with E-state index in [0.717, 1.165) is 28.0 Å². The van der Waals surface area contributed by atoms with Gasteiger partial charge in [-0.05, 0) is 41.2 Å². The van der Waals surface area contributed by atoms with Crippen molar-refractivity contribution in [3.05, 3.63) is 82.4 Å². The van der Waals surface area contributed by atoms with Gasteiger partial charge in [-0.2, -0.15) is 0 Å². The molecule has 2 aromatic carbocycles. The van der Waals surface area contributed by atoms with E-state index in [1.807, 2.05) is 61.5 Å². The summed E-state index contributed by atoms with van der Waals surface area (Å²) in [6.07, 6.45) is 0. The number of fused-ring (bicyclic) bond motifs is 2. The first kappa shape index (κ1) is 23.8. The molecule has 5 heteroatoms. The number of hydrogen-bond acceptors (Lipinski definition) is 5. The van der Waals surface area contributed by atoms with Crippen LogP contribution in [0.15, 0.2) is 71.3 Å². The van der Waals surface area contributed by atoms with E-state index in [2.05, 4.69) is 27.7 Å². The minimum atomic E-state index is -0.766. The van der Waals surface area contributed by atoms with Crippen molar-refractivity contribution in [1.29, 1.82) is 0 Å². The van der Waals surface area contributed by atoms with Crippen LogP contribution in [0.1, 0.15) is 45.7 Å². The van der Waals surface area contributed by atoms with E-state index in [1.165, 1.54) is 7.11 Å². The average molecular weight is 461 g/mol. The predicted molar refractivity (Wildman–Crippen MR) is 131 cm³/mol. The third-order valence-corrected chi connectivity index (χ3v) is 8.56. The van der Waals surface area contributed by atoms with Crippen molar-refractivity contribution >= 4 is 17.5 Å². The highest BCUT2D eigenvalue weighted by atomic mass is 16.5. The molecule has 2 atom stereocenters. The monoisotopic (exact) mass is 460 g/mol. The van der Waals surface area contributed by atoms with E-state index in [0.29, 0.717) is 11.1 Å². The third-order valence-electron chi connectivity index (χ3n) is 8.56. The number of carbonyl (C=O) groups is 2. The molecule has 5 nitrogen and oxygen atoms in total. The summed E-state index contributed by atoms with van der Waals surface area (Å²) in [5, 5.41) is 0. The van der Waals surface area contributed by atoms with Gasteiger partial charge in [-0.1, -0.05) is 75.7 Å². The fourth-order valence-electron chi connectivity index (χ4n) is 6.12. The highest BCUT2D eigenvalue weighted by Crippen LogP contribution is 2.77. The van der Waals surface area contributed by atoms with Crippen LogP contribution in [0.5, 0.6) is 5.75 Å². The lowest BCUT2D eigenvalue weighted by Gasteiger charge is -2.42. The quantitative estimate of drug-likeness (QED) is 0.514. The molecule has 0 aliphatic heterocycles. The Morgan fingerprint density at radius 3 is 1.94 bits per heavy atom. The zero-order valence-electron chi connectivity index (χ0n) is 20.9. The summed E-state index contributed by atoms with van der Waals surface area (Å²) in [7, 11) is 2.99. The van der Waals surface area contributed by atoms with Gasteiger partial charge >= 0.3 is 11.9 Å². The summed E-state index contributed by atoms with van der Waals surface area (Å²) in [5.41, 5.74) is 2.82. The zero-order chi connectivity index (χ0) is 24.9. The molecule has 2 aromatic rings. The lowest BCUT2D eigenvalue weighted by molar-refractivity contribution is -0.143. The Morgan fingerprint density at radius 2 is 1.38 bits per heavy atom. The van der Waals surface area contributed by atoms with Crippen LogP contribution in [0.3, 0.4) is 0 Å². The summed E-state index contributed by atoms with van der Waals surface area (Å²) < 4.78 is 16.4. The second-order valence-corrected chi connectivity index (χ2v) is 9.91. The number of allylic oxidation sites excluding steroid dienone is 2. The van der Waals surface area contributed by atoms with E-state index in [-0.39, 0.29) is 6.61 Å². The van der Waals surface area contributed by atoms with Crippen LogP contribution in [-0.4, -0.2) is 26.2 Å². The molecule has 0 N–H and O–H groups in total. The van der Waals surface area contributed by atoms with Crippen molar-refractivity contribution in [2.45, 2.75) is 41.2 Å². The van der Waals surface area contributed by atoms with Crippen molar-refractivity contribution < 1.29 is 23.8 Å². The summed E-state index contributed by atoms with van der Waals surface area (Å²) in [6.45, 7) is 10.5. The van der Waals surface area contributed by atoms with Gasteiger partial charge in [0.1, 0.15) is 12.4 Å². The molecule has 0 saturated carbocycles. The SMILES string of the molecule is COC(=O)C1=C(C(=O)OCc2ccccc2)C2(C)C(c3ccc(OC)cc3)=C(C)C1(C)C2(C)C. The summed E-state index contributed by atoms with van der Waals surface area (Å²) in [4.78, 5) is 26.9. The Balaban J connectivity index is 1.88. The van der Waals surface area contributed by atoms with Crippen molar-refractivity contribution in [1.82, 2.24) is 0 Å². The number of ether oxygens (including phenoxy) is 3. The molecule has 0 amide bonds. The van der Waals surface area contributed by atoms with Crippen LogP contribution in [0, 0.1) is 16.2 Å². The molecule has 0 radical (unpaired) electrons. The molecule has 2 aliphatic rings. The molecule has 2 aliphatic carbocycles. The van der Waals surface area contributed by atoms with Crippen LogP contribution >= 0.6 is 0 Å². The number of esters is 2. The summed E-state index contributed by atoms with van der Waals surface area (Å²) in [6, 6.07) is 17.4. The lowest BCUT2D eigenvalue weighted by atomic mass is 9.59. The van der Waals surface area contributed by atoms with E-state index < -0.39 is 28.2 Å². The van der Waals surface area contributed by atoms with Gasteiger partial charge in [0.2, 0.25) is 0 Å². The van der Waals surface area contributed by atoms with Gasteiger partial charge < -0.3 is 14.2 Å². The first-order chi connectivity index (χ1) is 16.1. The Kier molecular flexibility index (Phi) is 5.71. The van der Waals surface area contributed by atoms with E-state index >= 15 is 0 Å². The molecule has 0 spiro atoms.